The Morgan fingerprint density at radius 1 is 1.05 bits per heavy atom. The molecule has 0 aliphatic heterocycles. The fourth-order valence-electron chi connectivity index (χ4n) is 2.30. The van der Waals surface area contributed by atoms with Crippen LogP contribution in [0.2, 0.25) is 0 Å². The molecule has 0 unspecified atom stereocenters. The minimum Gasteiger partial charge on any atom is -0.493 e. The molecule has 0 bridgehead atoms. The molecule has 120 valence electrons. The van der Waals surface area contributed by atoms with Crippen LogP contribution in [0.1, 0.15) is 70.9 Å². The van der Waals surface area contributed by atoms with E-state index in [2.05, 4.69) is 58.1 Å². The van der Waals surface area contributed by atoms with Crippen LogP contribution < -0.4 is 10.1 Å². The van der Waals surface area contributed by atoms with Gasteiger partial charge in [-0.1, -0.05) is 50.8 Å². The normalized spacial score (nSPS) is 11.7. The number of aryl methyl sites for hydroxylation is 1. The maximum absolute atomic E-state index is 6.07. The highest BCUT2D eigenvalue weighted by atomic mass is 16.5. The Bertz CT molecular complexity index is 407. The number of para-hydroxylation sites is 1. The Balaban J connectivity index is 2.51. The standard InChI is InChI=1S/C19H33NO/c1-6-7-8-9-10-14-21-18-16(2)12-11-13-17(18)15-20-19(3,4)5/h11-13,20H,6-10,14-15H2,1-5H3. The van der Waals surface area contributed by atoms with Crippen LogP contribution in [-0.2, 0) is 6.54 Å². The summed E-state index contributed by atoms with van der Waals surface area (Å²) in [5, 5.41) is 3.54. The number of hydrogen-bond acceptors (Lipinski definition) is 2. The van der Waals surface area contributed by atoms with E-state index in [1.54, 1.807) is 0 Å². The summed E-state index contributed by atoms with van der Waals surface area (Å²) >= 11 is 0. The molecule has 1 rings (SSSR count). The highest BCUT2D eigenvalue weighted by molar-refractivity contribution is 5.40. The van der Waals surface area contributed by atoms with Gasteiger partial charge in [-0.05, 0) is 39.7 Å². The maximum atomic E-state index is 6.07. The van der Waals surface area contributed by atoms with Crippen molar-refractivity contribution in [1.82, 2.24) is 5.32 Å². The van der Waals surface area contributed by atoms with Crippen LogP contribution in [-0.4, -0.2) is 12.1 Å². The molecule has 0 saturated carbocycles. The first-order valence-electron chi connectivity index (χ1n) is 8.40. The SMILES string of the molecule is CCCCCCCOc1c(C)cccc1CNC(C)(C)C. The van der Waals surface area contributed by atoms with Crippen molar-refractivity contribution in [2.24, 2.45) is 0 Å². The summed E-state index contributed by atoms with van der Waals surface area (Å²) in [5.41, 5.74) is 2.62. The first-order valence-corrected chi connectivity index (χ1v) is 8.40. The number of ether oxygens (including phenoxy) is 1. The summed E-state index contributed by atoms with van der Waals surface area (Å²) in [6.07, 6.45) is 6.38. The summed E-state index contributed by atoms with van der Waals surface area (Å²) in [4.78, 5) is 0. The second-order valence-electron chi connectivity index (χ2n) is 6.93. The first kappa shape index (κ1) is 18.0. The number of unbranched alkanes of at least 4 members (excludes halogenated alkanes) is 4. The Kier molecular flexibility index (Phi) is 7.81. The fourth-order valence-corrected chi connectivity index (χ4v) is 2.30. The largest absolute Gasteiger partial charge is 0.493 e. The molecule has 0 heterocycles. The third-order valence-corrected chi connectivity index (χ3v) is 3.60. The third kappa shape index (κ3) is 7.52. The molecule has 0 fully saturated rings. The topological polar surface area (TPSA) is 21.3 Å². The molecular formula is C19H33NO. The van der Waals surface area contributed by atoms with Crippen LogP contribution in [0.5, 0.6) is 5.75 Å². The predicted octanol–water partition coefficient (Wildman–Crippen LogP) is 5.23. The minimum atomic E-state index is 0.126. The van der Waals surface area contributed by atoms with Crippen molar-refractivity contribution < 1.29 is 4.74 Å². The Labute approximate surface area is 131 Å². The van der Waals surface area contributed by atoms with Crippen LogP contribution in [0.3, 0.4) is 0 Å². The number of hydrogen-bond donors (Lipinski definition) is 1. The zero-order valence-electron chi connectivity index (χ0n) is 14.6. The molecule has 2 nitrogen and oxygen atoms in total. The minimum absolute atomic E-state index is 0.126. The van der Waals surface area contributed by atoms with E-state index in [1.807, 2.05) is 0 Å². The fraction of sp³-hybridized carbons (Fsp3) is 0.684. The lowest BCUT2D eigenvalue weighted by Crippen LogP contribution is -2.35. The van der Waals surface area contributed by atoms with Crippen molar-refractivity contribution in [2.45, 2.75) is 78.8 Å². The first-order chi connectivity index (χ1) is 9.94. The molecule has 1 aromatic rings. The molecule has 1 N–H and O–H groups in total. The van der Waals surface area contributed by atoms with Crippen molar-refractivity contribution in [3.8, 4) is 5.75 Å². The van der Waals surface area contributed by atoms with Gasteiger partial charge in [0.2, 0.25) is 0 Å². The third-order valence-electron chi connectivity index (χ3n) is 3.60. The van der Waals surface area contributed by atoms with Gasteiger partial charge in [0.15, 0.2) is 0 Å². The van der Waals surface area contributed by atoms with Crippen molar-refractivity contribution in [2.75, 3.05) is 6.61 Å². The average Bonchev–Trinajstić information content (AvgIpc) is 2.41. The lowest BCUT2D eigenvalue weighted by atomic mass is 10.1. The van der Waals surface area contributed by atoms with Gasteiger partial charge < -0.3 is 10.1 Å². The molecule has 0 aromatic heterocycles. The Morgan fingerprint density at radius 3 is 2.43 bits per heavy atom. The second-order valence-corrected chi connectivity index (χ2v) is 6.93. The van der Waals surface area contributed by atoms with E-state index in [4.69, 9.17) is 4.74 Å². The molecular weight excluding hydrogens is 258 g/mol. The monoisotopic (exact) mass is 291 g/mol. The van der Waals surface area contributed by atoms with Gasteiger partial charge >= 0.3 is 0 Å². The van der Waals surface area contributed by atoms with E-state index >= 15 is 0 Å². The van der Waals surface area contributed by atoms with Gasteiger partial charge in [-0.15, -0.1) is 0 Å². The van der Waals surface area contributed by atoms with Crippen molar-refractivity contribution in [1.29, 1.82) is 0 Å². The quantitative estimate of drug-likeness (QED) is 0.629. The molecule has 0 amide bonds. The molecule has 0 radical (unpaired) electrons. The summed E-state index contributed by atoms with van der Waals surface area (Å²) in [6, 6.07) is 6.41. The van der Waals surface area contributed by atoms with Gasteiger partial charge in [-0.25, -0.2) is 0 Å². The van der Waals surface area contributed by atoms with Crippen LogP contribution >= 0.6 is 0 Å². The highest BCUT2D eigenvalue weighted by Gasteiger charge is 2.12. The van der Waals surface area contributed by atoms with Crippen LogP contribution in [0.15, 0.2) is 18.2 Å². The van der Waals surface area contributed by atoms with Gasteiger partial charge in [0.25, 0.3) is 0 Å². The zero-order valence-corrected chi connectivity index (χ0v) is 14.6. The Hall–Kier alpha value is -1.02. The molecule has 2 heteroatoms. The number of benzene rings is 1. The van der Waals surface area contributed by atoms with Crippen LogP contribution in [0.25, 0.3) is 0 Å². The van der Waals surface area contributed by atoms with Gasteiger partial charge in [0, 0.05) is 17.6 Å². The van der Waals surface area contributed by atoms with E-state index in [-0.39, 0.29) is 5.54 Å². The molecule has 0 aliphatic rings. The van der Waals surface area contributed by atoms with E-state index in [9.17, 15) is 0 Å². The summed E-state index contributed by atoms with van der Waals surface area (Å²) in [7, 11) is 0. The maximum Gasteiger partial charge on any atom is 0.126 e. The average molecular weight is 291 g/mol. The summed E-state index contributed by atoms with van der Waals surface area (Å²) in [5.74, 6) is 1.07. The number of rotatable bonds is 9. The zero-order chi connectivity index (χ0) is 15.7. The van der Waals surface area contributed by atoms with Gasteiger partial charge in [0.1, 0.15) is 5.75 Å². The van der Waals surface area contributed by atoms with Gasteiger partial charge in [-0.2, -0.15) is 0 Å². The molecule has 0 aliphatic carbocycles. The van der Waals surface area contributed by atoms with E-state index < -0.39 is 0 Å². The van der Waals surface area contributed by atoms with Gasteiger partial charge in [-0.3, -0.25) is 0 Å². The van der Waals surface area contributed by atoms with Gasteiger partial charge in [0.05, 0.1) is 6.61 Å². The van der Waals surface area contributed by atoms with E-state index in [0.717, 1.165) is 25.3 Å². The molecule has 0 saturated heterocycles. The van der Waals surface area contributed by atoms with Crippen molar-refractivity contribution in [3.05, 3.63) is 29.3 Å². The molecule has 1 aromatic carbocycles. The van der Waals surface area contributed by atoms with E-state index in [1.165, 1.54) is 36.8 Å². The Morgan fingerprint density at radius 2 is 1.76 bits per heavy atom. The number of nitrogens with one attached hydrogen (secondary N) is 1. The smallest absolute Gasteiger partial charge is 0.126 e. The van der Waals surface area contributed by atoms with Crippen molar-refractivity contribution in [3.63, 3.8) is 0 Å². The lowest BCUT2D eigenvalue weighted by Gasteiger charge is -2.22. The van der Waals surface area contributed by atoms with Crippen LogP contribution in [0.4, 0.5) is 0 Å². The molecule has 21 heavy (non-hydrogen) atoms. The molecule has 0 atom stereocenters. The molecule has 0 spiro atoms. The summed E-state index contributed by atoms with van der Waals surface area (Å²) < 4.78 is 6.07. The van der Waals surface area contributed by atoms with Crippen molar-refractivity contribution >= 4 is 0 Å². The van der Waals surface area contributed by atoms with E-state index in [0.29, 0.717) is 0 Å². The predicted molar refractivity (Wildman–Crippen MR) is 92.0 cm³/mol. The second kappa shape index (κ2) is 9.09. The summed E-state index contributed by atoms with van der Waals surface area (Å²) in [6.45, 7) is 12.6. The highest BCUT2D eigenvalue weighted by Crippen LogP contribution is 2.24. The lowest BCUT2D eigenvalue weighted by molar-refractivity contribution is 0.297. The van der Waals surface area contributed by atoms with Crippen LogP contribution in [0, 0.1) is 6.92 Å².